The van der Waals surface area contributed by atoms with E-state index >= 15 is 0 Å². The highest BCUT2D eigenvalue weighted by Crippen LogP contribution is 2.28. The van der Waals surface area contributed by atoms with Crippen LogP contribution < -0.4 is 5.32 Å². The number of para-hydroxylation sites is 1. The van der Waals surface area contributed by atoms with Crippen molar-refractivity contribution in [1.82, 2.24) is 4.90 Å². The third kappa shape index (κ3) is 4.25. The molecule has 0 radical (unpaired) electrons. The summed E-state index contributed by atoms with van der Waals surface area (Å²) in [6.07, 6.45) is 6.51. The largest absolute Gasteiger partial charge is 0.327 e. The molecule has 0 bridgehead atoms. The van der Waals surface area contributed by atoms with Gasteiger partial charge >= 0.3 is 6.03 Å². The summed E-state index contributed by atoms with van der Waals surface area (Å²) in [6, 6.07) is 6.24. The van der Waals surface area contributed by atoms with Crippen molar-refractivity contribution in [3.05, 3.63) is 29.3 Å². The summed E-state index contributed by atoms with van der Waals surface area (Å²) in [6.45, 7) is 7.25. The van der Waals surface area contributed by atoms with Gasteiger partial charge in [0.05, 0.1) is 0 Å². The van der Waals surface area contributed by atoms with Gasteiger partial charge in [0.1, 0.15) is 0 Å². The van der Waals surface area contributed by atoms with E-state index in [0.717, 1.165) is 17.8 Å². The Morgan fingerprint density at radius 2 is 1.95 bits per heavy atom. The molecule has 1 fully saturated rings. The molecule has 0 saturated heterocycles. The molecule has 0 spiro atoms. The number of benzene rings is 1. The number of nitrogens with one attached hydrogen (secondary N) is 1. The molecular weight excluding hydrogens is 272 g/mol. The van der Waals surface area contributed by atoms with E-state index in [2.05, 4.69) is 44.3 Å². The van der Waals surface area contributed by atoms with Crippen molar-refractivity contribution in [2.75, 3.05) is 18.9 Å². The fraction of sp³-hybridized carbons (Fsp3) is 0.632. The van der Waals surface area contributed by atoms with Crippen molar-refractivity contribution in [1.29, 1.82) is 0 Å². The lowest BCUT2D eigenvalue weighted by Gasteiger charge is -2.28. The van der Waals surface area contributed by atoms with Crippen molar-refractivity contribution in [3.8, 4) is 0 Å². The lowest BCUT2D eigenvalue weighted by Crippen LogP contribution is -2.36. The number of carbonyl (C=O) groups excluding carboxylic acids is 1. The van der Waals surface area contributed by atoms with Crippen molar-refractivity contribution in [2.24, 2.45) is 5.92 Å². The molecule has 2 amide bonds. The second-order valence-corrected chi connectivity index (χ2v) is 7.01. The molecular formula is C19H30N2O. The van der Waals surface area contributed by atoms with Gasteiger partial charge in [0.25, 0.3) is 0 Å². The maximum atomic E-state index is 12.5. The number of rotatable bonds is 4. The number of hydrogen-bond donors (Lipinski definition) is 1. The van der Waals surface area contributed by atoms with Gasteiger partial charge in [-0.25, -0.2) is 4.79 Å². The van der Waals surface area contributed by atoms with E-state index < -0.39 is 0 Å². The Morgan fingerprint density at radius 1 is 1.27 bits per heavy atom. The van der Waals surface area contributed by atoms with Crippen LogP contribution >= 0.6 is 0 Å². The molecule has 3 heteroatoms. The van der Waals surface area contributed by atoms with E-state index in [0.29, 0.717) is 11.8 Å². The zero-order chi connectivity index (χ0) is 16.1. The van der Waals surface area contributed by atoms with Gasteiger partial charge in [0.15, 0.2) is 0 Å². The molecule has 1 aliphatic carbocycles. The third-order valence-electron chi connectivity index (χ3n) is 4.76. The van der Waals surface area contributed by atoms with Crippen molar-refractivity contribution < 1.29 is 4.79 Å². The molecule has 0 atom stereocenters. The molecule has 0 heterocycles. The van der Waals surface area contributed by atoms with Crippen molar-refractivity contribution >= 4 is 11.7 Å². The first-order chi connectivity index (χ1) is 10.5. The Hall–Kier alpha value is -1.51. The van der Waals surface area contributed by atoms with Crippen LogP contribution in [0.5, 0.6) is 0 Å². The van der Waals surface area contributed by atoms with Crippen LogP contribution in [0.2, 0.25) is 0 Å². The van der Waals surface area contributed by atoms with E-state index in [-0.39, 0.29) is 6.03 Å². The predicted molar refractivity (Wildman–Crippen MR) is 93.5 cm³/mol. The summed E-state index contributed by atoms with van der Waals surface area (Å²) < 4.78 is 0. The van der Waals surface area contributed by atoms with Gasteiger partial charge in [-0.3, -0.25) is 0 Å². The molecule has 0 aromatic heterocycles. The van der Waals surface area contributed by atoms with Gasteiger partial charge in [0, 0.05) is 19.3 Å². The van der Waals surface area contributed by atoms with E-state index in [1.807, 2.05) is 11.9 Å². The minimum Gasteiger partial charge on any atom is -0.327 e. The monoisotopic (exact) mass is 302 g/mol. The zero-order valence-electron chi connectivity index (χ0n) is 14.5. The molecule has 1 aliphatic rings. The SMILES string of the molecule is Cc1cccc(C(C)C)c1NC(=O)N(C)CC1CCCCC1. The predicted octanol–water partition coefficient (Wildman–Crippen LogP) is 5.16. The van der Waals surface area contributed by atoms with E-state index in [1.165, 1.54) is 37.7 Å². The molecule has 1 N–H and O–H groups in total. The normalized spacial score (nSPS) is 15.9. The number of anilines is 1. The number of nitrogens with zero attached hydrogens (tertiary/aromatic N) is 1. The van der Waals surface area contributed by atoms with Crippen LogP contribution in [-0.4, -0.2) is 24.5 Å². The topological polar surface area (TPSA) is 32.3 Å². The number of carbonyl (C=O) groups is 1. The number of aryl methyl sites for hydroxylation is 1. The minimum absolute atomic E-state index is 0.0155. The fourth-order valence-corrected chi connectivity index (χ4v) is 3.38. The van der Waals surface area contributed by atoms with Crippen molar-refractivity contribution in [2.45, 2.75) is 58.8 Å². The fourth-order valence-electron chi connectivity index (χ4n) is 3.38. The second kappa shape index (κ2) is 7.66. The molecule has 1 saturated carbocycles. The van der Waals surface area contributed by atoms with Crippen LogP contribution in [0.15, 0.2) is 18.2 Å². The highest BCUT2D eigenvalue weighted by Gasteiger charge is 2.19. The van der Waals surface area contributed by atoms with Gasteiger partial charge in [-0.05, 0) is 42.7 Å². The van der Waals surface area contributed by atoms with Gasteiger partial charge in [0.2, 0.25) is 0 Å². The Kier molecular flexibility index (Phi) is 5.87. The minimum atomic E-state index is 0.0155. The number of amides is 2. The summed E-state index contributed by atoms with van der Waals surface area (Å²) in [7, 11) is 1.91. The highest BCUT2D eigenvalue weighted by atomic mass is 16.2. The van der Waals surface area contributed by atoms with E-state index in [1.54, 1.807) is 0 Å². The quantitative estimate of drug-likeness (QED) is 0.818. The average molecular weight is 302 g/mol. The summed E-state index contributed by atoms with van der Waals surface area (Å²) in [5.41, 5.74) is 3.32. The first-order valence-corrected chi connectivity index (χ1v) is 8.60. The van der Waals surface area contributed by atoms with Crippen LogP contribution in [0, 0.1) is 12.8 Å². The molecule has 1 aromatic carbocycles. The van der Waals surface area contributed by atoms with Crippen LogP contribution in [0.4, 0.5) is 10.5 Å². The van der Waals surface area contributed by atoms with Gasteiger partial charge in [-0.2, -0.15) is 0 Å². The maximum absolute atomic E-state index is 12.5. The summed E-state index contributed by atoms with van der Waals surface area (Å²) >= 11 is 0. The molecule has 1 aromatic rings. The highest BCUT2D eigenvalue weighted by molar-refractivity contribution is 5.91. The summed E-state index contributed by atoms with van der Waals surface area (Å²) in [5.74, 6) is 1.07. The molecule has 22 heavy (non-hydrogen) atoms. The molecule has 2 rings (SSSR count). The molecule has 3 nitrogen and oxygen atoms in total. The first-order valence-electron chi connectivity index (χ1n) is 8.60. The molecule has 0 aliphatic heterocycles. The van der Waals surface area contributed by atoms with Crippen LogP contribution in [0.3, 0.4) is 0 Å². The Balaban J connectivity index is 2.02. The van der Waals surface area contributed by atoms with E-state index in [4.69, 9.17) is 0 Å². The molecule has 122 valence electrons. The summed E-state index contributed by atoms with van der Waals surface area (Å²) in [4.78, 5) is 14.4. The summed E-state index contributed by atoms with van der Waals surface area (Å²) in [5, 5.41) is 3.14. The average Bonchev–Trinajstić information content (AvgIpc) is 2.49. The van der Waals surface area contributed by atoms with Crippen LogP contribution in [0.25, 0.3) is 0 Å². The first kappa shape index (κ1) is 16.9. The van der Waals surface area contributed by atoms with Gasteiger partial charge < -0.3 is 10.2 Å². The zero-order valence-corrected chi connectivity index (χ0v) is 14.5. The molecule has 0 unspecified atom stereocenters. The standard InChI is InChI=1S/C19H30N2O/c1-14(2)17-12-8-9-15(3)18(17)20-19(22)21(4)13-16-10-6-5-7-11-16/h8-9,12,14,16H,5-7,10-11,13H2,1-4H3,(H,20,22). The maximum Gasteiger partial charge on any atom is 0.321 e. The smallest absolute Gasteiger partial charge is 0.321 e. The second-order valence-electron chi connectivity index (χ2n) is 7.01. The van der Waals surface area contributed by atoms with Gasteiger partial charge in [-0.1, -0.05) is 51.3 Å². The van der Waals surface area contributed by atoms with Crippen LogP contribution in [0.1, 0.15) is 63.0 Å². The third-order valence-corrected chi connectivity index (χ3v) is 4.76. The Bertz CT molecular complexity index is 504. The lowest BCUT2D eigenvalue weighted by atomic mass is 9.89. The van der Waals surface area contributed by atoms with E-state index in [9.17, 15) is 4.79 Å². The Morgan fingerprint density at radius 3 is 2.59 bits per heavy atom. The Labute approximate surface area is 135 Å². The number of hydrogen-bond acceptors (Lipinski definition) is 1. The lowest BCUT2D eigenvalue weighted by molar-refractivity contribution is 0.205. The van der Waals surface area contributed by atoms with Crippen LogP contribution in [-0.2, 0) is 0 Å². The van der Waals surface area contributed by atoms with Gasteiger partial charge in [-0.15, -0.1) is 0 Å². The number of urea groups is 1. The van der Waals surface area contributed by atoms with Crippen molar-refractivity contribution in [3.63, 3.8) is 0 Å².